The molecule has 0 saturated carbocycles. The van der Waals surface area contributed by atoms with Crippen LogP contribution in [0.3, 0.4) is 0 Å². The number of hydrogen-bond acceptors (Lipinski definition) is 6. The monoisotopic (exact) mass is 417 g/mol. The van der Waals surface area contributed by atoms with Crippen LogP contribution in [0, 0.1) is 0 Å². The molecule has 1 fully saturated rings. The van der Waals surface area contributed by atoms with Crippen LogP contribution < -0.4 is 14.8 Å². The standard InChI is InChI=1S/C22H31N3O3S/c1-17(22(26)23-9-8-19-5-4-14-29-19)25-12-10-24(11-13-25)16-18-6-7-20(27-2)21(15-18)28-3/h4-7,14-15,17H,8-13,16H2,1-3H3,(H,23,26)/t17-/m1/s1. The van der Waals surface area contributed by atoms with E-state index in [1.54, 1.807) is 25.6 Å². The Morgan fingerprint density at radius 3 is 2.55 bits per heavy atom. The molecule has 1 aromatic heterocycles. The van der Waals surface area contributed by atoms with Crippen LogP contribution in [-0.4, -0.2) is 68.7 Å². The maximum absolute atomic E-state index is 12.5. The van der Waals surface area contributed by atoms with E-state index in [1.165, 1.54) is 10.4 Å². The van der Waals surface area contributed by atoms with E-state index in [9.17, 15) is 4.79 Å². The van der Waals surface area contributed by atoms with E-state index < -0.39 is 0 Å². The summed E-state index contributed by atoms with van der Waals surface area (Å²) in [6.07, 6.45) is 0.898. The van der Waals surface area contributed by atoms with Crippen molar-refractivity contribution in [3.63, 3.8) is 0 Å². The van der Waals surface area contributed by atoms with Crippen LogP contribution >= 0.6 is 11.3 Å². The van der Waals surface area contributed by atoms with Crippen LogP contribution in [0.15, 0.2) is 35.7 Å². The van der Waals surface area contributed by atoms with Gasteiger partial charge in [0.2, 0.25) is 5.91 Å². The van der Waals surface area contributed by atoms with Gasteiger partial charge in [-0.2, -0.15) is 0 Å². The Morgan fingerprint density at radius 2 is 1.90 bits per heavy atom. The molecule has 158 valence electrons. The number of ether oxygens (including phenoxy) is 2. The molecular weight excluding hydrogens is 386 g/mol. The third-order valence-corrected chi connectivity index (χ3v) is 6.38. The molecule has 0 aliphatic carbocycles. The van der Waals surface area contributed by atoms with E-state index in [0.29, 0.717) is 6.54 Å². The van der Waals surface area contributed by atoms with Crippen LogP contribution in [0.4, 0.5) is 0 Å². The molecule has 1 aromatic carbocycles. The quantitative estimate of drug-likeness (QED) is 0.680. The third kappa shape index (κ3) is 5.95. The molecule has 6 nitrogen and oxygen atoms in total. The lowest BCUT2D eigenvalue weighted by Gasteiger charge is -2.37. The fourth-order valence-electron chi connectivity index (χ4n) is 3.62. The SMILES string of the molecule is COc1ccc(CN2CCN([C@H](C)C(=O)NCCc3cccs3)CC2)cc1OC. The Kier molecular flexibility index (Phi) is 7.91. The fraction of sp³-hybridized carbons (Fsp3) is 0.500. The largest absolute Gasteiger partial charge is 0.493 e. The number of rotatable bonds is 9. The average Bonchev–Trinajstić information content (AvgIpc) is 3.27. The van der Waals surface area contributed by atoms with Crippen molar-refractivity contribution < 1.29 is 14.3 Å². The summed E-state index contributed by atoms with van der Waals surface area (Å²) in [5.74, 6) is 1.63. The summed E-state index contributed by atoms with van der Waals surface area (Å²) in [5.41, 5.74) is 1.20. The molecule has 1 atom stereocenters. The number of hydrogen-bond donors (Lipinski definition) is 1. The maximum Gasteiger partial charge on any atom is 0.237 e. The Balaban J connectivity index is 1.42. The number of benzene rings is 1. The summed E-state index contributed by atoms with van der Waals surface area (Å²) in [4.78, 5) is 18.5. The van der Waals surface area contributed by atoms with E-state index in [1.807, 2.05) is 25.1 Å². The lowest BCUT2D eigenvalue weighted by Crippen LogP contribution is -2.53. The fourth-order valence-corrected chi connectivity index (χ4v) is 4.33. The smallest absolute Gasteiger partial charge is 0.237 e. The van der Waals surface area contributed by atoms with Gasteiger partial charge in [-0.25, -0.2) is 0 Å². The van der Waals surface area contributed by atoms with Gasteiger partial charge in [-0.05, 0) is 42.5 Å². The molecular formula is C22H31N3O3S. The number of thiophene rings is 1. The minimum atomic E-state index is -0.0958. The van der Waals surface area contributed by atoms with Crippen molar-refractivity contribution >= 4 is 17.2 Å². The van der Waals surface area contributed by atoms with Crippen LogP contribution in [-0.2, 0) is 17.8 Å². The van der Waals surface area contributed by atoms with Crippen molar-refractivity contribution in [3.05, 3.63) is 46.2 Å². The summed E-state index contributed by atoms with van der Waals surface area (Å²) in [5, 5.41) is 5.15. The average molecular weight is 418 g/mol. The molecule has 0 radical (unpaired) electrons. The summed E-state index contributed by atoms with van der Waals surface area (Å²) >= 11 is 1.73. The van der Waals surface area contributed by atoms with Gasteiger partial charge >= 0.3 is 0 Å². The van der Waals surface area contributed by atoms with Gasteiger partial charge in [0, 0.05) is 44.1 Å². The molecule has 2 heterocycles. The lowest BCUT2D eigenvalue weighted by molar-refractivity contribution is -0.126. The van der Waals surface area contributed by atoms with Gasteiger partial charge in [-0.1, -0.05) is 12.1 Å². The van der Waals surface area contributed by atoms with Gasteiger partial charge in [0.25, 0.3) is 0 Å². The third-order valence-electron chi connectivity index (χ3n) is 5.44. The number of amides is 1. The Labute approximate surface area is 177 Å². The van der Waals surface area contributed by atoms with E-state index in [4.69, 9.17) is 9.47 Å². The molecule has 7 heteroatoms. The van der Waals surface area contributed by atoms with Gasteiger partial charge in [0.1, 0.15) is 0 Å². The highest BCUT2D eigenvalue weighted by atomic mass is 32.1. The lowest BCUT2D eigenvalue weighted by atomic mass is 10.1. The van der Waals surface area contributed by atoms with Crippen molar-refractivity contribution in [2.75, 3.05) is 46.9 Å². The molecule has 1 N–H and O–H groups in total. The summed E-state index contributed by atoms with van der Waals surface area (Å²) in [7, 11) is 3.31. The molecule has 1 aliphatic heterocycles. The van der Waals surface area contributed by atoms with Crippen molar-refractivity contribution in [2.45, 2.75) is 25.9 Å². The molecule has 1 saturated heterocycles. The van der Waals surface area contributed by atoms with Crippen LogP contribution in [0.1, 0.15) is 17.4 Å². The Morgan fingerprint density at radius 1 is 1.14 bits per heavy atom. The number of piperazine rings is 1. The van der Waals surface area contributed by atoms with Gasteiger partial charge in [-0.3, -0.25) is 14.6 Å². The highest BCUT2D eigenvalue weighted by Gasteiger charge is 2.25. The minimum absolute atomic E-state index is 0.0958. The summed E-state index contributed by atoms with van der Waals surface area (Å²) in [6.45, 7) is 7.25. The van der Waals surface area contributed by atoms with Crippen LogP contribution in [0.5, 0.6) is 11.5 Å². The Bertz CT molecular complexity index is 774. The first-order valence-corrected chi connectivity index (χ1v) is 11.0. The second-order valence-corrected chi connectivity index (χ2v) is 8.33. The zero-order valence-corrected chi connectivity index (χ0v) is 18.3. The predicted molar refractivity (Wildman–Crippen MR) is 117 cm³/mol. The molecule has 29 heavy (non-hydrogen) atoms. The second-order valence-electron chi connectivity index (χ2n) is 7.30. The molecule has 1 aliphatic rings. The zero-order valence-electron chi connectivity index (χ0n) is 17.5. The van der Waals surface area contributed by atoms with Crippen molar-refractivity contribution in [2.24, 2.45) is 0 Å². The van der Waals surface area contributed by atoms with Crippen molar-refractivity contribution in [3.8, 4) is 11.5 Å². The molecule has 0 bridgehead atoms. The summed E-state index contributed by atoms with van der Waals surface area (Å²) < 4.78 is 10.7. The van der Waals surface area contributed by atoms with E-state index in [2.05, 4.69) is 32.6 Å². The Hall–Kier alpha value is -2.09. The normalized spacial score (nSPS) is 16.4. The molecule has 0 unspecified atom stereocenters. The predicted octanol–water partition coefficient (Wildman–Crippen LogP) is 2.63. The maximum atomic E-state index is 12.5. The van der Waals surface area contributed by atoms with E-state index in [-0.39, 0.29) is 11.9 Å². The number of carbonyl (C=O) groups excluding carboxylic acids is 1. The van der Waals surface area contributed by atoms with E-state index in [0.717, 1.165) is 50.6 Å². The van der Waals surface area contributed by atoms with Crippen LogP contribution in [0.25, 0.3) is 0 Å². The van der Waals surface area contributed by atoms with Crippen LogP contribution in [0.2, 0.25) is 0 Å². The molecule has 1 amide bonds. The van der Waals surface area contributed by atoms with Gasteiger partial charge < -0.3 is 14.8 Å². The van der Waals surface area contributed by atoms with Gasteiger partial charge in [0.05, 0.1) is 20.3 Å². The first kappa shape index (κ1) is 21.6. The highest BCUT2D eigenvalue weighted by molar-refractivity contribution is 7.09. The molecule has 3 rings (SSSR count). The molecule has 0 spiro atoms. The second kappa shape index (κ2) is 10.6. The number of carbonyl (C=O) groups is 1. The van der Waals surface area contributed by atoms with Gasteiger partial charge in [-0.15, -0.1) is 11.3 Å². The first-order chi connectivity index (χ1) is 14.1. The zero-order chi connectivity index (χ0) is 20.6. The first-order valence-electron chi connectivity index (χ1n) is 10.1. The highest BCUT2D eigenvalue weighted by Crippen LogP contribution is 2.28. The number of methoxy groups -OCH3 is 2. The van der Waals surface area contributed by atoms with Crippen molar-refractivity contribution in [1.29, 1.82) is 0 Å². The van der Waals surface area contributed by atoms with Gasteiger partial charge in [0.15, 0.2) is 11.5 Å². The van der Waals surface area contributed by atoms with E-state index >= 15 is 0 Å². The number of nitrogens with zero attached hydrogens (tertiary/aromatic N) is 2. The topological polar surface area (TPSA) is 54.0 Å². The molecule has 2 aromatic rings. The minimum Gasteiger partial charge on any atom is -0.493 e. The number of nitrogens with one attached hydrogen (secondary N) is 1. The van der Waals surface area contributed by atoms with Crippen molar-refractivity contribution in [1.82, 2.24) is 15.1 Å². The summed E-state index contributed by atoms with van der Waals surface area (Å²) in [6, 6.07) is 10.1.